The van der Waals surface area contributed by atoms with Gasteiger partial charge in [0.2, 0.25) is 0 Å². The predicted molar refractivity (Wildman–Crippen MR) is 117 cm³/mol. The molecule has 2 aliphatic rings. The van der Waals surface area contributed by atoms with E-state index < -0.39 is 109 Å². The van der Waals surface area contributed by atoms with E-state index in [1.54, 1.807) is 0 Å². The molecule has 0 aromatic carbocycles. The van der Waals surface area contributed by atoms with Gasteiger partial charge in [-0.2, -0.15) is 8.62 Å². The maximum absolute atomic E-state index is 11.5. The summed E-state index contributed by atoms with van der Waals surface area (Å²) in [6, 6.07) is 0. The van der Waals surface area contributed by atoms with Crippen molar-refractivity contribution in [3.63, 3.8) is 0 Å². The van der Waals surface area contributed by atoms with Gasteiger partial charge in [-0.15, -0.1) is 12.2 Å². The van der Waals surface area contributed by atoms with Crippen molar-refractivity contribution >= 4 is 46.9 Å². The van der Waals surface area contributed by atoms with Gasteiger partial charge in [-0.05, 0) is 0 Å². The van der Waals surface area contributed by atoms with Crippen LogP contribution in [0.2, 0.25) is 0 Å². The second-order valence-corrected chi connectivity index (χ2v) is 15.9. The van der Waals surface area contributed by atoms with Crippen LogP contribution >= 0.6 is 46.9 Å². The first-order valence-corrected chi connectivity index (χ1v) is 19.4. The zero-order chi connectivity index (χ0) is 34.7. The summed E-state index contributed by atoms with van der Waals surface area (Å²) in [5, 5.41) is 45.9. The van der Waals surface area contributed by atoms with E-state index >= 15 is 0 Å². The molecule has 2 rings (SSSR count). The average Bonchev–Trinajstić information content (AvgIpc) is 3.16. The number of phosphoric ester groups is 4. The summed E-state index contributed by atoms with van der Waals surface area (Å²) in [7, 11) is -31.6. The van der Waals surface area contributed by atoms with Gasteiger partial charge in [-0.3, -0.25) is 18.1 Å². The Balaban J connectivity index is -0.000000372. The van der Waals surface area contributed by atoms with Crippen molar-refractivity contribution in [2.45, 2.75) is 49.2 Å². The average molecular weight is 868 g/mol. The Morgan fingerprint density at radius 2 is 0.708 bits per heavy atom. The molecule has 2 aliphatic heterocycles. The molecule has 0 aromatic rings. The van der Waals surface area contributed by atoms with Gasteiger partial charge in [0.1, 0.15) is 0 Å². The van der Waals surface area contributed by atoms with Gasteiger partial charge in [0, 0.05) is 0 Å². The fraction of sp³-hybridized carbons (Fsp3) is 1.00. The van der Waals surface area contributed by atoms with Crippen LogP contribution in [0.25, 0.3) is 0 Å². The molecule has 0 saturated carbocycles. The van der Waals surface area contributed by atoms with Gasteiger partial charge >= 0.3 is 165 Å². The van der Waals surface area contributed by atoms with Gasteiger partial charge in [-0.1, -0.05) is 12.2 Å². The van der Waals surface area contributed by atoms with Crippen LogP contribution in [0.5, 0.6) is 0 Å². The first-order valence-electron chi connectivity index (χ1n) is 10.3. The van der Waals surface area contributed by atoms with E-state index in [-0.39, 0.29) is 118 Å². The molecule has 0 bridgehead atoms. The molecule has 10 N–H and O–H groups in total. The molecular weight excluding hydrogens is 846 g/mol. The molecule has 0 amide bonds. The number of rotatable bonds is 14. The Morgan fingerprint density at radius 1 is 0.458 bits per heavy atom. The van der Waals surface area contributed by atoms with Crippen LogP contribution < -0.4 is 139 Å². The van der Waals surface area contributed by atoms with Crippen LogP contribution in [-0.2, 0) is 63.6 Å². The van der Waals surface area contributed by atoms with Crippen molar-refractivity contribution in [1.82, 2.24) is 0 Å². The van der Waals surface area contributed by atoms with E-state index in [0.717, 1.165) is 0 Å². The van der Waals surface area contributed by atoms with Gasteiger partial charge < -0.3 is 78.8 Å². The van der Waals surface area contributed by atoms with Crippen molar-refractivity contribution in [1.29, 1.82) is 0 Å². The summed E-state index contributed by atoms with van der Waals surface area (Å²) in [4.78, 5) is 85.2. The second kappa shape index (κ2) is 23.7. The quantitative estimate of drug-likeness (QED) is 0.0572. The van der Waals surface area contributed by atoms with Crippen LogP contribution in [0, 0.1) is 0 Å². The van der Waals surface area contributed by atoms with E-state index in [9.17, 15) is 47.8 Å². The van der Waals surface area contributed by atoms with Crippen LogP contribution in [0.15, 0.2) is 0 Å². The van der Waals surface area contributed by atoms with Gasteiger partial charge in [0.05, 0.1) is 25.4 Å². The molecule has 2 fully saturated rings. The summed E-state index contributed by atoms with van der Waals surface area (Å²) >= 11 is 0. The standard InChI is InChI=1S/2C5H11O14P3.4Na/c2*6-3-2(1-16-20(8,9)10)17-5(4(3)7)18-22(14,15)19-21(11,12)13;;;;/h2*2-5H,1H2,(H,14,15)(H2,8,9,10)(H2,11,12,13);;;;/q2*-2;4*+1. The minimum absolute atomic E-state index is 0. The number of ether oxygens (including phenoxy) is 2. The fourth-order valence-electron chi connectivity index (χ4n) is 2.74. The predicted octanol–water partition coefficient (Wildman–Crippen LogP) is -19.0. The maximum Gasteiger partial charge on any atom is 1.00 e. The molecule has 48 heavy (non-hydrogen) atoms. The van der Waals surface area contributed by atoms with E-state index in [4.69, 9.17) is 48.9 Å². The molecule has 2 saturated heterocycles. The van der Waals surface area contributed by atoms with E-state index in [0.29, 0.717) is 0 Å². The fourth-order valence-corrected chi connectivity index (χ4v) is 6.74. The zero-order valence-corrected chi connectivity index (χ0v) is 37.9. The Kier molecular flexibility index (Phi) is 29.2. The molecular formula is C10H22Na4O28P6. The zero-order valence-electron chi connectivity index (χ0n) is 24.5. The van der Waals surface area contributed by atoms with Gasteiger partial charge in [0.25, 0.3) is 0 Å². The number of hydrogen-bond acceptors (Lipinski definition) is 18. The third kappa shape index (κ3) is 24.9. The van der Waals surface area contributed by atoms with Crippen molar-refractivity contribution in [3.05, 3.63) is 0 Å². The topological polar surface area (TPSA) is 471 Å². The summed E-state index contributed by atoms with van der Waals surface area (Å²) in [6.45, 7) is -2.02. The molecule has 0 aliphatic carbocycles. The molecule has 0 radical (unpaired) electrons. The molecule has 28 nitrogen and oxygen atoms in total. The first-order chi connectivity index (χ1) is 19.4. The second-order valence-electron chi connectivity index (χ2n) is 7.81. The molecule has 10 atom stereocenters. The van der Waals surface area contributed by atoms with E-state index in [1.165, 1.54) is 0 Å². The van der Waals surface area contributed by atoms with E-state index in [2.05, 4.69) is 36.2 Å². The summed E-state index contributed by atoms with van der Waals surface area (Å²) in [5.41, 5.74) is 0. The summed E-state index contributed by atoms with van der Waals surface area (Å²) in [6.07, 6.45) is -17.0. The smallest absolute Gasteiger partial charge is 0.851 e. The number of hydrogen-bond donors (Lipinski definition) is 10. The van der Waals surface area contributed by atoms with Crippen LogP contribution in [0.3, 0.4) is 0 Å². The van der Waals surface area contributed by atoms with Crippen LogP contribution in [0.4, 0.5) is 0 Å². The summed E-state index contributed by atoms with van der Waals surface area (Å²) < 4.78 is 96.0. The van der Waals surface area contributed by atoms with Crippen molar-refractivity contribution in [2.24, 2.45) is 0 Å². The molecule has 0 spiro atoms. The largest absolute Gasteiger partial charge is 1.00 e. The molecule has 2 heterocycles. The Labute approximate surface area is 356 Å². The minimum Gasteiger partial charge on any atom is -0.851 e. The van der Waals surface area contributed by atoms with Crippen molar-refractivity contribution < 1.29 is 251 Å². The normalized spacial score (nSPS) is 30.1. The third-order valence-electron chi connectivity index (χ3n) is 4.24. The molecule has 38 heteroatoms. The minimum atomic E-state index is -5.43. The number of phosphoric acid groups is 6. The third-order valence-corrected chi connectivity index (χ3v) is 9.51. The Hall–Kier alpha value is 4.50. The van der Waals surface area contributed by atoms with E-state index in [1.807, 2.05) is 0 Å². The first kappa shape index (κ1) is 59.2. The van der Waals surface area contributed by atoms with Crippen LogP contribution in [-0.4, -0.2) is 111 Å². The Bertz CT molecular complexity index is 1160. The SMILES string of the molecule is O=P(O)(O)OCC1OC(OP(=O)(O)OP(=O)(O)O)C([O-])C1[O-].O=P(O)(O)OCC1OC(OP(=O)(O)OP(=O)(O)O)C([O-])C1[O-].[Na+].[Na+].[Na+].[Na+]. The Morgan fingerprint density at radius 3 is 0.917 bits per heavy atom. The van der Waals surface area contributed by atoms with Crippen LogP contribution in [0.1, 0.15) is 0 Å². The summed E-state index contributed by atoms with van der Waals surface area (Å²) in [5.74, 6) is 0. The van der Waals surface area contributed by atoms with Crippen molar-refractivity contribution in [3.8, 4) is 0 Å². The van der Waals surface area contributed by atoms with Gasteiger partial charge in [-0.25, -0.2) is 27.4 Å². The maximum atomic E-state index is 11.5. The van der Waals surface area contributed by atoms with Gasteiger partial charge in [0.15, 0.2) is 12.6 Å². The molecule has 10 unspecified atom stereocenters. The molecule has 264 valence electrons. The molecule has 0 aromatic heterocycles. The van der Waals surface area contributed by atoms with Crippen molar-refractivity contribution in [2.75, 3.05) is 13.2 Å². The monoisotopic (exact) mass is 868 g/mol.